The van der Waals surface area contributed by atoms with Gasteiger partial charge in [-0.15, -0.1) is 11.3 Å². The second-order valence-electron chi connectivity index (χ2n) is 6.94. The summed E-state index contributed by atoms with van der Waals surface area (Å²) in [5, 5.41) is 0.607. The highest BCUT2D eigenvalue weighted by molar-refractivity contribution is 7.18. The molecule has 150 valence electrons. The second kappa shape index (κ2) is 7.79. The Bertz CT molecular complexity index is 1180. The van der Waals surface area contributed by atoms with Crippen LogP contribution in [0.1, 0.15) is 53.3 Å². The highest BCUT2D eigenvalue weighted by Gasteiger charge is 2.23. The molecule has 0 atom stereocenters. The molecule has 1 amide bonds. The minimum atomic E-state index is -0.538. The van der Waals surface area contributed by atoms with Gasteiger partial charge in [-0.1, -0.05) is 19.1 Å². The lowest BCUT2D eigenvalue weighted by Crippen LogP contribution is -2.36. The second-order valence-corrected chi connectivity index (χ2v) is 8.03. The van der Waals surface area contributed by atoms with Gasteiger partial charge in [0.15, 0.2) is 0 Å². The number of thiophene rings is 1. The number of carbonyl (C=O) groups excluding carboxylic acids is 2. The van der Waals surface area contributed by atoms with E-state index >= 15 is 0 Å². The highest BCUT2D eigenvalue weighted by Crippen LogP contribution is 2.33. The third kappa shape index (κ3) is 3.55. The molecule has 0 radical (unpaired) electrons. The minimum Gasteiger partial charge on any atom is -0.426 e. The zero-order chi connectivity index (χ0) is 20.5. The molecule has 1 N–H and O–H groups in total. The van der Waals surface area contributed by atoms with E-state index in [1.54, 1.807) is 29.5 Å². The van der Waals surface area contributed by atoms with Crippen LogP contribution in [0.2, 0.25) is 0 Å². The van der Waals surface area contributed by atoms with Crippen LogP contribution in [-0.2, 0) is 24.1 Å². The van der Waals surface area contributed by atoms with Crippen LogP contribution in [0.25, 0.3) is 10.2 Å². The molecule has 0 fully saturated rings. The van der Waals surface area contributed by atoms with Gasteiger partial charge >= 0.3 is 5.97 Å². The Morgan fingerprint density at radius 3 is 2.76 bits per heavy atom. The van der Waals surface area contributed by atoms with Crippen molar-refractivity contribution in [3.63, 3.8) is 0 Å². The number of aryl methyl sites for hydroxylation is 3. The van der Waals surface area contributed by atoms with Gasteiger partial charge in [-0.3, -0.25) is 19.8 Å². The molecule has 3 aromatic rings. The van der Waals surface area contributed by atoms with E-state index in [4.69, 9.17) is 4.74 Å². The third-order valence-electron chi connectivity index (χ3n) is 4.97. The van der Waals surface area contributed by atoms with Gasteiger partial charge in [0.05, 0.1) is 10.9 Å². The van der Waals surface area contributed by atoms with Gasteiger partial charge in [-0.05, 0) is 43.4 Å². The molecule has 0 spiro atoms. The molecule has 7 nitrogen and oxygen atoms in total. The van der Waals surface area contributed by atoms with Gasteiger partial charge in [0.2, 0.25) is 0 Å². The molecule has 0 aliphatic heterocycles. The van der Waals surface area contributed by atoms with Gasteiger partial charge < -0.3 is 4.74 Å². The molecule has 29 heavy (non-hydrogen) atoms. The lowest BCUT2D eigenvalue weighted by molar-refractivity contribution is -0.131. The van der Waals surface area contributed by atoms with Crippen molar-refractivity contribution in [2.45, 2.75) is 46.0 Å². The maximum atomic E-state index is 13.3. The summed E-state index contributed by atoms with van der Waals surface area (Å²) >= 11 is 1.58. The minimum absolute atomic E-state index is 0.144. The molecular weight excluding hydrogens is 390 g/mol. The van der Waals surface area contributed by atoms with E-state index in [-0.39, 0.29) is 16.9 Å². The summed E-state index contributed by atoms with van der Waals surface area (Å²) in [6.45, 7) is 3.16. The Labute approximate surface area is 171 Å². The molecule has 0 bridgehead atoms. The molecular formula is C21H21N3O4S. The van der Waals surface area contributed by atoms with Gasteiger partial charge in [0, 0.05) is 18.2 Å². The standard InChI is InChI=1S/C21H21N3O4S/c1-3-17-22-20-18(14-9-5-7-11-16(14)29-20)21(27)24(17)23-19(26)13-8-4-6-10-15(13)28-12(2)25/h4,6,8,10H,3,5,7,9,11H2,1-2H3,(H,23,26). The first kappa shape index (κ1) is 19.3. The molecule has 0 saturated heterocycles. The van der Waals surface area contributed by atoms with Crippen molar-refractivity contribution in [3.8, 4) is 5.75 Å². The number of nitrogens with one attached hydrogen (secondary N) is 1. The van der Waals surface area contributed by atoms with Crippen LogP contribution in [0.3, 0.4) is 0 Å². The molecule has 2 aromatic heterocycles. The lowest BCUT2D eigenvalue weighted by atomic mass is 9.97. The number of esters is 1. The first-order valence-corrected chi connectivity index (χ1v) is 10.5. The van der Waals surface area contributed by atoms with E-state index in [2.05, 4.69) is 10.4 Å². The monoisotopic (exact) mass is 411 g/mol. The topological polar surface area (TPSA) is 90.3 Å². The van der Waals surface area contributed by atoms with Crippen LogP contribution in [0.15, 0.2) is 29.1 Å². The summed E-state index contributed by atoms with van der Waals surface area (Å²) in [5.74, 6) is -0.432. The first-order chi connectivity index (χ1) is 14.0. The van der Waals surface area contributed by atoms with Gasteiger partial charge in [0.1, 0.15) is 16.4 Å². The molecule has 1 aliphatic carbocycles. The van der Waals surface area contributed by atoms with E-state index < -0.39 is 11.9 Å². The van der Waals surface area contributed by atoms with Crippen molar-refractivity contribution < 1.29 is 14.3 Å². The largest absolute Gasteiger partial charge is 0.426 e. The smallest absolute Gasteiger partial charge is 0.308 e. The first-order valence-electron chi connectivity index (χ1n) is 9.64. The average molecular weight is 411 g/mol. The van der Waals surface area contributed by atoms with E-state index in [1.165, 1.54) is 22.5 Å². The summed E-state index contributed by atoms with van der Waals surface area (Å²) in [6, 6.07) is 6.42. The highest BCUT2D eigenvalue weighted by atomic mass is 32.1. The zero-order valence-corrected chi connectivity index (χ0v) is 17.1. The summed E-state index contributed by atoms with van der Waals surface area (Å²) in [4.78, 5) is 44.2. The number of para-hydroxylation sites is 1. The number of nitrogens with zero attached hydrogens (tertiary/aromatic N) is 2. The maximum absolute atomic E-state index is 13.3. The van der Waals surface area contributed by atoms with E-state index in [9.17, 15) is 14.4 Å². The van der Waals surface area contributed by atoms with Crippen molar-refractivity contribution in [1.82, 2.24) is 9.66 Å². The van der Waals surface area contributed by atoms with Crippen molar-refractivity contribution in [2.24, 2.45) is 0 Å². The van der Waals surface area contributed by atoms with Crippen LogP contribution in [0.4, 0.5) is 0 Å². The van der Waals surface area contributed by atoms with Crippen LogP contribution < -0.4 is 15.7 Å². The van der Waals surface area contributed by atoms with E-state index in [1.807, 2.05) is 6.92 Å². The molecule has 8 heteroatoms. The predicted octanol–water partition coefficient (Wildman–Crippen LogP) is 3.21. The fourth-order valence-corrected chi connectivity index (χ4v) is 4.93. The molecule has 4 rings (SSSR count). The molecule has 2 heterocycles. The van der Waals surface area contributed by atoms with Gasteiger partial charge in [-0.2, -0.15) is 0 Å². The number of hydrogen-bond donors (Lipinski definition) is 1. The Kier molecular flexibility index (Phi) is 5.19. The normalized spacial score (nSPS) is 13.2. The number of amides is 1. The Morgan fingerprint density at radius 2 is 2.00 bits per heavy atom. The fourth-order valence-electron chi connectivity index (χ4n) is 3.66. The SMILES string of the molecule is CCc1nc2sc3c(c2c(=O)n1NC(=O)c1ccccc1OC(C)=O)CCCC3. The number of fused-ring (bicyclic) bond motifs is 3. The number of benzene rings is 1. The number of ether oxygens (including phenoxy) is 1. The quantitative estimate of drug-likeness (QED) is 0.526. The van der Waals surface area contributed by atoms with E-state index in [0.29, 0.717) is 17.6 Å². The van der Waals surface area contributed by atoms with Crippen molar-refractivity contribution in [2.75, 3.05) is 5.43 Å². The fraction of sp³-hybridized carbons (Fsp3) is 0.333. The van der Waals surface area contributed by atoms with Crippen molar-refractivity contribution in [1.29, 1.82) is 0 Å². The summed E-state index contributed by atoms with van der Waals surface area (Å²) < 4.78 is 6.36. The summed E-state index contributed by atoms with van der Waals surface area (Å²) in [7, 11) is 0. The molecule has 0 saturated carbocycles. The lowest BCUT2D eigenvalue weighted by Gasteiger charge is -2.15. The molecule has 0 unspecified atom stereocenters. The Balaban J connectivity index is 1.78. The predicted molar refractivity (Wildman–Crippen MR) is 111 cm³/mol. The van der Waals surface area contributed by atoms with E-state index in [0.717, 1.165) is 36.1 Å². The van der Waals surface area contributed by atoms with Crippen molar-refractivity contribution in [3.05, 3.63) is 56.4 Å². The van der Waals surface area contributed by atoms with Crippen LogP contribution in [-0.4, -0.2) is 21.5 Å². The molecule has 1 aliphatic rings. The third-order valence-corrected chi connectivity index (χ3v) is 6.16. The Morgan fingerprint density at radius 1 is 1.24 bits per heavy atom. The van der Waals surface area contributed by atoms with Crippen molar-refractivity contribution >= 4 is 33.4 Å². The molecule has 1 aromatic carbocycles. The van der Waals surface area contributed by atoms with Gasteiger partial charge in [-0.25, -0.2) is 9.66 Å². The number of carbonyl (C=O) groups is 2. The zero-order valence-electron chi connectivity index (χ0n) is 16.3. The maximum Gasteiger partial charge on any atom is 0.308 e. The van der Waals surface area contributed by atoms with Crippen LogP contribution in [0, 0.1) is 0 Å². The number of rotatable bonds is 4. The number of aromatic nitrogens is 2. The van der Waals surface area contributed by atoms with Gasteiger partial charge in [0.25, 0.3) is 11.5 Å². The Hall–Kier alpha value is -3.00. The summed E-state index contributed by atoms with van der Waals surface area (Å²) in [6.07, 6.45) is 4.49. The van der Waals surface area contributed by atoms with Crippen LogP contribution in [0.5, 0.6) is 5.75 Å². The number of hydrogen-bond acceptors (Lipinski definition) is 6. The summed E-state index contributed by atoms with van der Waals surface area (Å²) in [5.41, 5.74) is 3.64. The van der Waals surface area contributed by atoms with Crippen LogP contribution >= 0.6 is 11.3 Å². The average Bonchev–Trinajstić information content (AvgIpc) is 3.08.